The summed E-state index contributed by atoms with van der Waals surface area (Å²) in [6.45, 7) is 0. The second kappa shape index (κ2) is 7.50. The SMILES string of the molecule is c1cncc(-c2cccc(-c3c4ccc5ccccc5c4nc4c3ccc3ccccc34)c2)c1. The smallest absolute Gasteiger partial charge is 0.0794 e. The minimum Gasteiger partial charge on any atom is -0.264 e. The van der Waals surface area contributed by atoms with Crippen LogP contribution in [0.2, 0.25) is 0 Å². The molecule has 0 saturated heterocycles. The molecule has 0 saturated carbocycles. The summed E-state index contributed by atoms with van der Waals surface area (Å²) in [6.07, 6.45) is 3.73. The van der Waals surface area contributed by atoms with Crippen LogP contribution >= 0.6 is 0 Å². The summed E-state index contributed by atoms with van der Waals surface area (Å²) in [5.74, 6) is 0. The van der Waals surface area contributed by atoms with Crippen molar-refractivity contribution in [1.82, 2.24) is 9.97 Å². The van der Waals surface area contributed by atoms with Crippen LogP contribution in [0.5, 0.6) is 0 Å². The average Bonchev–Trinajstić information content (AvgIpc) is 2.92. The number of fused-ring (bicyclic) bond motifs is 6. The third kappa shape index (κ3) is 2.89. The van der Waals surface area contributed by atoms with Gasteiger partial charge in [0.05, 0.1) is 11.0 Å². The van der Waals surface area contributed by atoms with Gasteiger partial charge in [0, 0.05) is 45.1 Å². The Morgan fingerprint density at radius 3 is 1.71 bits per heavy atom. The van der Waals surface area contributed by atoms with E-state index in [1.165, 1.54) is 43.4 Å². The van der Waals surface area contributed by atoms with E-state index in [1.54, 1.807) is 0 Å². The highest BCUT2D eigenvalue weighted by Crippen LogP contribution is 2.40. The van der Waals surface area contributed by atoms with Gasteiger partial charge in [-0.05, 0) is 34.0 Å². The van der Waals surface area contributed by atoms with E-state index in [9.17, 15) is 0 Å². The third-order valence-corrected chi connectivity index (χ3v) is 6.71. The van der Waals surface area contributed by atoms with Gasteiger partial charge in [-0.15, -0.1) is 0 Å². The molecule has 0 radical (unpaired) electrons. The minimum atomic E-state index is 1.05. The van der Waals surface area contributed by atoms with Crippen molar-refractivity contribution in [2.24, 2.45) is 0 Å². The van der Waals surface area contributed by atoms with Gasteiger partial charge in [0.15, 0.2) is 0 Å². The molecule has 7 rings (SSSR count). The quantitative estimate of drug-likeness (QED) is 0.202. The highest BCUT2D eigenvalue weighted by Gasteiger charge is 2.15. The number of pyridine rings is 2. The maximum Gasteiger partial charge on any atom is 0.0794 e. The first kappa shape index (κ1) is 19.0. The zero-order valence-corrected chi connectivity index (χ0v) is 18.4. The minimum absolute atomic E-state index is 1.05. The lowest BCUT2D eigenvalue weighted by atomic mass is 9.91. The molecule has 0 atom stereocenters. The van der Waals surface area contributed by atoms with Crippen molar-refractivity contribution in [3.05, 3.63) is 122 Å². The Morgan fingerprint density at radius 2 is 1.06 bits per heavy atom. The molecule has 0 aliphatic carbocycles. The van der Waals surface area contributed by atoms with Crippen molar-refractivity contribution in [3.63, 3.8) is 0 Å². The second-order valence-electron chi connectivity index (χ2n) is 8.68. The Hall–Kier alpha value is -4.56. The van der Waals surface area contributed by atoms with Gasteiger partial charge < -0.3 is 0 Å². The van der Waals surface area contributed by atoms with Gasteiger partial charge in [0.2, 0.25) is 0 Å². The van der Waals surface area contributed by atoms with Crippen molar-refractivity contribution in [1.29, 1.82) is 0 Å². The van der Waals surface area contributed by atoms with Gasteiger partial charge in [-0.2, -0.15) is 0 Å². The molecule has 0 bridgehead atoms. The number of rotatable bonds is 2. The molecule has 158 valence electrons. The van der Waals surface area contributed by atoms with Gasteiger partial charge in [0.1, 0.15) is 0 Å². The Labute approximate surface area is 197 Å². The predicted molar refractivity (Wildman–Crippen MR) is 143 cm³/mol. The molecule has 0 fully saturated rings. The van der Waals surface area contributed by atoms with Gasteiger partial charge in [-0.3, -0.25) is 4.98 Å². The lowest BCUT2D eigenvalue weighted by Crippen LogP contribution is -1.92. The van der Waals surface area contributed by atoms with E-state index in [2.05, 4.69) is 108 Å². The Bertz CT molecular complexity index is 1760. The Balaban J connectivity index is 1.65. The summed E-state index contributed by atoms with van der Waals surface area (Å²) in [6, 6.07) is 38.8. The number of hydrogen-bond acceptors (Lipinski definition) is 2. The van der Waals surface area contributed by atoms with Gasteiger partial charge in [-0.1, -0.05) is 97.1 Å². The Morgan fingerprint density at radius 1 is 0.441 bits per heavy atom. The summed E-state index contributed by atoms with van der Waals surface area (Å²) in [5.41, 5.74) is 6.77. The Kier molecular flexibility index (Phi) is 4.18. The fraction of sp³-hybridized carbons (Fsp3) is 0. The summed E-state index contributed by atoms with van der Waals surface area (Å²) in [7, 11) is 0. The molecule has 2 heteroatoms. The van der Waals surface area contributed by atoms with Crippen molar-refractivity contribution in [3.8, 4) is 22.3 Å². The van der Waals surface area contributed by atoms with Crippen LogP contribution in [-0.4, -0.2) is 9.97 Å². The van der Waals surface area contributed by atoms with Crippen molar-refractivity contribution >= 4 is 43.4 Å². The first-order valence-corrected chi connectivity index (χ1v) is 11.5. The normalized spacial score (nSPS) is 11.5. The van der Waals surface area contributed by atoms with E-state index >= 15 is 0 Å². The van der Waals surface area contributed by atoms with Crippen LogP contribution in [0, 0.1) is 0 Å². The summed E-state index contributed by atoms with van der Waals surface area (Å²) in [4.78, 5) is 9.61. The van der Waals surface area contributed by atoms with Crippen LogP contribution in [0.25, 0.3) is 65.6 Å². The fourth-order valence-corrected chi connectivity index (χ4v) is 5.11. The summed E-state index contributed by atoms with van der Waals surface area (Å²) in [5, 5.41) is 7.11. The molecule has 2 heterocycles. The fourth-order valence-electron chi connectivity index (χ4n) is 5.11. The van der Waals surface area contributed by atoms with Crippen LogP contribution in [0.3, 0.4) is 0 Å². The first-order chi connectivity index (χ1) is 16.9. The molecule has 0 spiro atoms. The monoisotopic (exact) mass is 432 g/mol. The highest BCUT2D eigenvalue weighted by atomic mass is 14.7. The molecule has 0 aliphatic heterocycles. The highest BCUT2D eigenvalue weighted by molar-refractivity contribution is 6.21. The number of aromatic nitrogens is 2. The molecule has 5 aromatic carbocycles. The molecule has 34 heavy (non-hydrogen) atoms. The van der Waals surface area contributed by atoms with Crippen LogP contribution in [0.1, 0.15) is 0 Å². The molecule has 0 aliphatic rings. The van der Waals surface area contributed by atoms with Crippen molar-refractivity contribution < 1.29 is 0 Å². The standard InChI is InChI=1S/C32H20N2/c1-3-12-26-21(7-1)14-16-28-30(24-10-5-9-23(19-24)25-11-6-18-33-20-25)29-17-15-22-8-2-4-13-27(22)32(29)34-31(26)28/h1-20H. The van der Waals surface area contributed by atoms with Crippen LogP contribution in [0.4, 0.5) is 0 Å². The molecular weight excluding hydrogens is 412 g/mol. The average molecular weight is 433 g/mol. The number of hydrogen-bond donors (Lipinski definition) is 0. The zero-order chi connectivity index (χ0) is 22.5. The van der Waals surface area contributed by atoms with Crippen LogP contribution in [-0.2, 0) is 0 Å². The maximum absolute atomic E-state index is 5.29. The first-order valence-electron chi connectivity index (χ1n) is 11.5. The van der Waals surface area contributed by atoms with Crippen molar-refractivity contribution in [2.75, 3.05) is 0 Å². The molecule has 2 aromatic heterocycles. The molecule has 0 N–H and O–H groups in total. The lowest BCUT2D eigenvalue weighted by Gasteiger charge is -2.15. The van der Waals surface area contributed by atoms with Crippen LogP contribution in [0.15, 0.2) is 122 Å². The topological polar surface area (TPSA) is 25.8 Å². The number of benzene rings is 5. The van der Waals surface area contributed by atoms with E-state index in [1.807, 2.05) is 18.5 Å². The molecule has 7 aromatic rings. The van der Waals surface area contributed by atoms with Gasteiger partial charge in [-0.25, -0.2) is 4.98 Å². The summed E-state index contributed by atoms with van der Waals surface area (Å²) < 4.78 is 0. The molecule has 0 unspecified atom stereocenters. The van der Waals surface area contributed by atoms with E-state index in [4.69, 9.17) is 4.98 Å². The van der Waals surface area contributed by atoms with E-state index in [-0.39, 0.29) is 0 Å². The maximum atomic E-state index is 5.29. The van der Waals surface area contributed by atoms with Crippen LogP contribution < -0.4 is 0 Å². The van der Waals surface area contributed by atoms with E-state index in [0.29, 0.717) is 0 Å². The van der Waals surface area contributed by atoms with E-state index in [0.717, 1.165) is 22.2 Å². The molecule has 0 amide bonds. The number of nitrogens with zero attached hydrogens (tertiary/aromatic N) is 2. The molecule has 2 nitrogen and oxygen atoms in total. The lowest BCUT2D eigenvalue weighted by molar-refractivity contribution is 1.33. The summed E-state index contributed by atoms with van der Waals surface area (Å²) >= 11 is 0. The molecular formula is C32H20N2. The van der Waals surface area contributed by atoms with Gasteiger partial charge >= 0.3 is 0 Å². The van der Waals surface area contributed by atoms with Crippen molar-refractivity contribution in [2.45, 2.75) is 0 Å². The largest absolute Gasteiger partial charge is 0.264 e. The predicted octanol–water partition coefficient (Wildman–Crippen LogP) is 8.42. The zero-order valence-electron chi connectivity index (χ0n) is 18.4. The van der Waals surface area contributed by atoms with E-state index < -0.39 is 0 Å². The third-order valence-electron chi connectivity index (χ3n) is 6.71. The second-order valence-corrected chi connectivity index (χ2v) is 8.68. The van der Waals surface area contributed by atoms with Gasteiger partial charge in [0.25, 0.3) is 0 Å².